The van der Waals surface area contributed by atoms with Gasteiger partial charge < -0.3 is 19.5 Å². The Morgan fingerprint density at radius 3 is 2.09 bits per heavy atom. The van der Waals surface area contributed by atoms with Crippen molar-refractivity contribution in [2.45, 2.75) is 9.79 Å². The third-order valence-corrected chi connectivity index (χ3v) is 6.89. The third-order valence-electron chi connectivity index (χ3n) is 5.11. The van der Waals surface area contributed by atoms with Crippen LogP contribution in [0.15, 0.2) is 76.7 Å². The molecule has 0 spiro atoms. The molecule has 4 rings (SSSR count). The molecular weight excluding hydrogens is 447 g/mol. The van der Waals surface area contributed by atoms with Crippen molar-refractivity contribution in [2.75, 3.05) is 26.6 Å². The average Bonchev–Trinajstić information content (AvgIpc) is 2.84. The molecular formula is C24H21FN2O5S. The highest BCUT2D eigenvalue weighted by Gasteiger charge is 2.25. The monoisotopic (exact) mass is 468 g/mol. The Hall–Kier alpha value is -3.85. The molecule has 33 heavy (non-hydrogen) atoms. The summed E-state index contributed by atoms with van der Waals surface area (Å²) in [5, 5.41) is 3.62. The van der Waals surface area contributed by atoms with Gasteiger partial charge in [0.15, 0.2) is 11.5 Å². The number of fused-ring (bicyclic) bond motifs is 1. The van der Waals surface area contributed by atoms with Crippen molar-refractivity contribution in [1.82, 2.24) is 4.98 Å². The van der Waals surface area contributed by atoms with E-state index < -0.39 is 15.7 Å². The summed E-state index contributed by atoms with van der Waals surface area (Å²) in [4.78, 5) is 4.40. The molecule has 3 aromatic carbocycles. The molecule has 1 aromatic heterocycles. The first-order valence-electron chi connectivity index (χ1n) is 9.84. The molecule has 0 unspecified atom stereocenters. The molecule has 1 N–H and O–H groups in total. The van der Waals surface area contributed by atoms with Crippen molar-refractivity contribution < 1.29 is 27.0 Å². The fraction of sp³-hybridized carbons (Fsp3) is 0.125. The predicted molar refractivity (Wildman–Crippen MR) is 123 cm³/mol. The minimum Gasteiger partial charge on any atom is -0.497 e. The van der Waals surface area contributed by atoms with Gasteiger partial charge in [-0.25, -0.2) is 12.8 Å². The van der Waals surface area contributed by atoms with Crippen molar-refractivity contribution in [2.24, 2.45) is 0 Å². The SMILES string of the molecule is COc1ccc(S(=O)(=O)c2cnc3cc(OC)c(OC)cc3c2Nc2ccc(F)cc2)cc1. The summed E-state index contributed by atoms with van der Waals surface area (Å²) in [5.74, 6) is 0.994. The number of hydrogen-bond acceptors (Lipinski definition) is 7. The average molecular weight is 469 g/mol. The van der Waals surface area contributed by atoms with Crippen LogP contribution < -0.4 is 19.5 Å². The Balaban J connectivity index is 1.96. The third kappa shape index (κ3) is 4.27. The van der Waals surface area contributed by atoms with Gasteiger partial charge in [-0.1, -0.05) is 0 Å². The van der Waals surface area contributed by atoms with Crippen LogP contribution in [0.25, 0.3) is 10.9 Å². The Morgan fingerprint density at radius 2 is 1.48 bits per heavy atom. The van der Waals surface area contributed by atoms with Crippen molar-refractivity contribution in [1.29, 1.82) is 0 Å². The first kappa shape index (κ1) is 22.3. The van der Waals surface area contributed by atoms with Gasteiger partial charge in [-0.05, 0) is 54.6 Å². The number of aromatic nitrogens is 1. The first-order valence-corrected chi connectivity index (χ1v) is 11.3. The van der Waals surface area contributed by atoms with Crippen LogP contribution in [0.2, 0.25) is 0 Å². The minimum absolute atomic E-state index is 0.0447. The minimum atomic E-state index is -3.98. The largest absolute Gasteiger partial charge is 0.497 e. The number of nitrogens with zero attached hydrogens (tertiary/aromatic N) is 1. The van der Waals surface area contributed by atoms with Crippen molar-refractivity contribution in [3.05, 3.63) is 72.7 Å². The zero-order valence-corrected chi connectivity index (χ0v) is 18.9. The molecule has 7 nitrogen and oxygen atoms in total. The summed E-state index contributed by atoms with van der Waals surface area (Å²) in [6.07, 6.45) is 1.29. The van der Waals surface area contributed by atoms with E-state index in [1.54, 1.807) is 24.3 Å². The number of hydrogen-bond donors (Lipinski definition) is 1. The zero-order valence-electron chi connectivity index (χ0n) is 18.1. The number of nitrogens with one attached hydrogen (secondary N) is 1. The second-order valence-corrected chi connectivity index (χ2v) is 8.95. The van der Waals surface area contributed by atoms with Gasteiger partial charge in [-0.2, -0.15) is 0 Å². The van der Waals surface area contributed by atoms with Crippen molar-refractivity contribution in [3.63, 3.8) is 0 Å². The lowest BCUT2D eigenvalue weighted by molar-refractivity contribution is 0.356. The summed E-state index contributed by atoms with van der Waals surface area (Å²) in [6.45, 7) is 0. The molecule has 0 aliphatic heterocycles. The summed E-state index contributed by atoms with van der Waals surface area (Å²) in [7, 11) is 0.519. The lowest BCUT2D eigenvalue weighted by Crippen LogP contribution is -2.08. The van der Waals surface area contributed by atoms with E-state index in [-0.39, 0.29) is 15.5 Å². The summed E-state index contributed by atoms with van der Waals surface area (Å²) >= 11 is 0. The van der Waals surface area contributed by atoms with Crippen LogP contribution >= 0.6 is 0 Å². The molecule has 9 heteroatoms. The van der Waals surface area contributed by atoms with E-state index >= 15 is 0 Å². The number of halogens is 1. The standard InChI is InChI=1S/C24H21FN2O5S/c1-30-17-8-10-18(11-9-17)33(28,29)23-14-26-20-13-22(32-3)21(31-2)12-19(20)24(23)27-16-6-4-15(25)5-7-16/h4-14H,1-3H3,(H,26,27). The van der Waals surface area contributed by atoms with Gasteiger partial charge in [-0.3, -0.25) is 4.98 Å². The molecule has 0 radical (unpaired) electrons. The molecule has 0 atom stereocenters. The number of pyridine rings is 1. The Bertz CT molecular complexity index is 1410. The Labute approximate surface area is 190 Å². The normalized spacial score (nSPS) is 11.3. The van der Waals surface area contributed by atoms with Crippen molar-refractivity contribution in [3.8, 4) is 17.2 Å². The van der Waals surface area contributed by atoms with Crippen LogP contribution in [0.3, 0.4) is 0 Å². The molecule has 0 bridgehead atoms. The topological polar surface area (TPSA) is 86.8 Å². The first-order chi connectivity index (χ1) is 15.9. The van der Waals surface area contributed by atoms with Gasteiger partial charge in [0.05, 0.1) is 37.4 Å². The van der Waals surface area contributed by atoms with E-state index in [4.69, 9.17) is 14.2 Å². The number of sulfone groups is 1. The van der Waals surface area contributed by atoms with Gasteiger partial charge in [0.25, 0.3) is 0 Å². The van der Waals surface area contributed by atoms with Gasteiger partial charge >= 0.3 is 0 Å². The van der Waals surface area contributed by atoms with Crippen LogP contribution in [-0.4, -0.2) is 34.7 Å². The van der Waals surface area contributed by atoms with Gasteiger partial charge in [0.1, 0.15) is 16.5 Å². The predicted octanol–water partition coefficient (Wildman–Crippen LogP) is 4.98. The number of anilines is 2. The Kier molecular flexibility index (Phi) is 6.06. The smallest absolute Gasteiger partial charge is 0.210 e. The second-order valence-electron chi connectivity index (χ2n) is 7.03. The maximum absolute atomic E-state index is 13.6. The van der Waals surface area contributed by atoms with E-state index in [0.717, 1.165) is 0 Å². The highest BCUT2D eigenvalue weighted by molar-refractivity contribution is 7.91. The quantitative estimate of drug-likeness (QED) is 0.409. The van der Waals surface area contributed by atoms with E-state index in [0.29, 0.717) is 33.8 Å². The van der Waals surface area contributed by atoms with Crippen LogP contribution in [0.1, 0.15) is 0 Å². The molecule has 170 valence electrons. The number of methoxy groups -OCH3 is 3. The molecule has 0 aliphatic rings. The summed E-state index contributed by atoms with van der Waals surface area (Å²) < 4.78 is 56.5. The van der Waals surface area contributed by atoms with E-state index in [9.17, 15) is 12.8 Å². The van der Waals surface area contributed by atoms with Crippen LogP contribution in [0, 0.1) is 5.82 Å². The molecule has 0 amide bonds. The van der Waals surface area contributed by atoms with E-state index in [2.05, 4.69) is 10.3 Å². The van der Waals surface area contributed by atoms with Crippen molar-refractivity contribution >= 4 is 32.1 Å². The van der Waals surface area contributed by atoms with Crippen LogP contribution in [0.5, 0.6) is 17.2 Å². The van der Waals surface area contributed by atoms with Crippen LogP contribution in [-0.2, 0) is 9.84 Å². The van der Waals surface area contributed by atoms with Gasteiger partial charge in [-0.15, -0.1) is 0 Å². The van der Waals surface area contributed by atoms with E-state index in [1.165, 1.54) is 63.9 Å². The number of benzene rings is 3. The summed E-state index contributed by atoms with van der Waals surface area (Å²) in [6, 6.07) is 15.0. The van der Waals surface area contributed by atoms with E-state index in [1.807, 2.05) is 0 Å². The molecule has 4 aromatic rings. The number of rotatable bonds is 7. The van der Waals surface area contributed by atoms with Crippen LogP contribution in [0.4, 0.5) is 15.8 Å². The Morgan fingerprint density at radius 1 is 0.848 bits per heavy atom. The molecule has 0 saturated carbocycles. The number of ether oxygens (including phenoxy) is 3. The summed E-state index contributed by atoms with van der Waals surface area (Å²) in [5.41, 5.74) is 1.28. The van der Waals surface area contributed by atoms with Gasteiger partial charge in [0, 0.05) is 23.3 Å². The molecule has 0 saturated heterocycles. The zero-order chi connectivity index (χ0) is 23.6. The fourth-order valence-corrected chi connectivity index (χ4v) is 4.76. The lowest BCUT2D eigenvalue weighted by Gasteiger charge is -2.17. The molecule has 0 aliphatic carbocycles. The van der Waals surface area contributed by atoms with Gasteiger partial charge in [0.2, 0.25) is 9.84 Å². The highest BCUT2D eigenvalue weighted by atomic mass is 32.2. The maximum Gasteiger partial charge on any atom is 0.210 e. The second kappa shape index (κ2) is 8.95. The highest BCUT2D eigenvalue weighted by Crippen LogP contribution is 2.40. The molecule has 0 fully saturated rings. The maximum atomic E-state index is 13.6. The lowest BCUT2D eigenvalue weighted by atomic mass is 10.1. The fourth-order valence-electron chi connectivity index (χ4n) is 3.39. The molecule has 1 heterocycles.